The number of Topliss-reactive ketones (excluding diaryl/α,β-unsaturated/α-hetero) is 1. The van der Waals surface area contributed by atoms with Crippen molar-refractivity contribution in [2.45, 2.75) is 20.3 Å². The maximum absolute atomic E-state index is 11.7. The van der Waals surface area contributed by atoms with Crippen molar-refractivity contribution in [2.75, 3.05) is 18.1 Å². The van der Waals surface area contributed by atoms with E-state index < -0.39 is 0 Å². The second-order valence-electron chi connectivity index (χ2n) is 3.43. The smallest absolute Gasteiger partial charge is 0.172 e. The molecule has 0 saturated carbocycles. The third-order valence-corrected chi connectivity index (χ3v) is 2.96. The zero-order valence-electron chi connectivity index (χ0n) is 9.86. The van der Waals surface area contributed by atoms with Gasteiger partial charge in [-0.2, -0.15) is 11.8 Å². The monoisotopic (exact) mass is 238 g/mol. The van der Waals surface area contributed by atoms with E-state index in [1.807, 2.05) is 24.3 Å². The van der Waals surface area contributed by atoms with Gasteiger partial charge in [-0.1, -0.05) is 13.8 Å². The molecule has 0 bridgehead atoms. The largest absolute Gasteiger partial charge is 0.494 e. The molecular weight excluding hydrogens is 220 g/mol. The normalized spacial score (nSPS) is 10.1. The first-order valence-corrected chi connectivity index (χ1v) is 6.77. The molecule has 88 valence electrons. The van der Waals surface area contributed by atoms with Crippen LogP contribution in [-0.2, 0) is 0 Å². The Kier molecular flexibility index (Phi) is 6.01. The molecule has 0 radical (unpaired) electrons. The van der Waals surface area contributed by atoms with Gasteiger partial charge in [0.15, 0.2) is 5.78 Å². The predicted molar refractivity (Wildman–Crippen MR) is 69.6 cm³/mol. The molecule has 2 nitrogen and oxygen atoms in total. The van der Waals surface area contributed by atoms with E-state index in [1.54, 1.807) is 11.8 Å². The molecule has 1 aromatic rings. The SMILES string of the molecule is CCCOc1ccc(C(=O)CSCC)cc1. The fourth-order valence-corrected chi connectivity index (χ4v) is 1.79. The van der Waals surface area contributed by atoms with Crippen LogP contribution in [0.1, 0.15) is 30.6 Å². The molecule has 0 aliphatic heterocycles. The van der Waals surface area contributed by atoms with Crippen LogP contribution < -0.4 is 4.74 Å². The topological polar surface area (TPSA) is 26.3 Å². The van der Waals surface area contributed by atoms with Gasteiger partial charge in [0.05, 0.1) is 12.4 Å². The molecule has 0 aliphatic carbocycles. The highest BCUT2D eigenvalue weighted by Crippen LogP contribution is 2.14. The van der Waals surface area contributed by atoms with Crippen LogP contribution >= 0.6 is 11.8 Å². The molecule has 0 unspecified atom stereocenters. The van der Waals surface area contributed by atoms with Gasteiger partial charge in [0.1, 0.15) is 5.75 Å². The number of thioether (sulfide) groups is 1. The Morgan fingerprint density at radius 3 is 2.50 bits per heavy atom. The van der Waals surface area contributed by atoms with E-state index in [0.29, 0.717) is 5.75 Å². The Bertz CT molecular complexity index is 319. The molecule has 3 heteroatoms. The van der Waals surface area contributed by atoms with Gasteiger partial charge in [0.25, 0.3) is 0 Å². The quantitative estimate of drug-likeness (QED) is 0.681. The summed E-state index contributed by atoms with van der Waals surface area (Å²) in [5.74, 6) is 2.56. The fourth-order valence-electron chi connectivity index (χ4n) is 1.24. The van der Waals surface area contributed by atoms with E-state index in [0.717, 1.165) is 30.1 Å². The third kappa shape index (κ3) is 4.27. The van der Waals surface area contributed by atoms with Crippen molar-refractivity contribution < 1.29 is 9.53 Å². The van der Waals surface area contributed by atoms with E-state index in [-0.39, 0.29) is 5.78 Å². The van der Waals surface area contributed by atoms with Crippen LogP contribution in [0, 0.1) is 0 Å². The summed E-state index contributed by atoms with van der Waals surface area (Å²) in [6, 6.07) is 7.39. The Morgan fingerprint density at radius 1 is 1.25 bits per heavy atom. The zero-order valence-corrected chi connectivity index (χ0v) is 10.7. The highest BCUT2D eigenvalue weighted by molar-refractivity contribution is 7.99. The highest BCUT2D eigenvalue weighted by Gasteiger charge is 2.05. The molecule has 0 aromatic heterocycles. The lowest BCUT2D eigenvalue weighted by Gasteiger charge is -2.05. The molecule has 0 aliphatic rings. The summed E-state index contributed by atoms with van der Waals surface area (Å²) in [6.45, 7) is 4.85. The van der Waals surface area contributed by atoms with Crippen LogP contribution in [0.3, 0.4) is 0 Å². The molecule has 0 N–H and O–H groups in total. The van der Waals surface area contributed by atoms with Crippen LogP contribution in [0.4, 0.5) is 0 Å². The molecule has 0 spiro atoms. The number of hydrogen-bond donors (Lipinski definition) is 0. The minimum Gasteiger partial charge on any atom is -0.494 e. The van der Waals surface area contributed by atoms with Gasteiger partial charge < -0.3 is 4.74 Å². The fraction of sp³-hybridized carbons (Fsp3) is 0.462. The van der Waals surface area contributed by atoms with E-state index in [9.17, 15) is 4.79 Å². The minimum atomic E-state index is 0.189. The van der Waals surface area contributed by atoms with Crippen molar-refractivity contribution in [1.29, 1.82) is 0 Å². The summed E-state index contributed by atoms with van der Waals surface area (Å²) < 4.78 is 5.45. The lowest BCUT2D eigenvalue weighted by Crippen LogP contribution is -2.02. The number of rotatable bonds is 7. The van der Waals surface area contributed by atoms with Gasteiger partial charge in [-0.15, -0.1) is 0 Å². The third-order valence-electron chi connectivity index (χ3n) is 2.09. The van der Waals surface area contributed by atoms with Gasteiger partial charge >= 0.3 is 0 Å². The summed E-state index contributed by atoms with van der Waals surface area (Å²) >= 11 is 1.65. The molecule has 0 fully saturated rings. The average Bonchev–Trinajstić information content (AvgIpc) is 2.34. The van der Waals surface area contributed by atoms with Crippen molar-refractivity contribution in [2.24, 2.45) is 0 Å². The number of carbonyl (C=O) groups is 1. The highest BCUT2D eigenvalue weighted by atomic mass is 32.2. The van der Waals surface area contributed by atoms with E-state index in [4.69, 9.17) is 4.74 Å². The zero-order chi connectivity index (χ0) is 11.8. The van der Waals surface area contributed by atoms with E-state index in [1.165, 1.54) is 0 Å². The lowest BCUT2D eigenvalue weighted by atomic mass is 10.1. The van der Waals surface area contributed by atoms with Crippen LogP contribution in [0.15, 0.2) is 24.3 Å². The second kappa shape index (κ2) is 7.34. The number of carbonyl (C=O) groups excluding carboxylic acids is 1. The van der Waals surface area contributed by atoms with Gasteiger partial charge in [-0.25, -0.2) is 0 Å². The molecular formula is C13H18O2S. The predicted octanol–water partition coefficient (Wildman–Crippen LogP) is 3.41. The standard InChI is InChI=1S/C13H18O2S/c1-3-9-15-12-7-5-11(6-8-12)13(14)10-16-4-2/h5-8H,3-4,9-10H2,1-2H3. The summed E-state index contributed by atoms with van der Waals surface area (Å²) in [4.78, 5) is 11.7. The molecule has 16 heavy (non-hydrogen) atoms. The average molecular weight is 238 g/mol. The molecule has 1 rings (SSSR count). The Morgan fingerprint density at radius 2 is 1.94 bits per heavy atom. The summed E-state index contributed by atoms with van der Waals surface area (Å²) in [7, 11) is 0. The van der Waals surface area contributed by atoms with Crippen LogP contribution in [0.25, 0.3) is 0 Å². The first-order chi connectivity index (χ1) is 7.77. The number of hydrogen-bond acceptors (Lipinski definition) is 3. The van der Waals surface area contributed by atoms with Gasteiger partial charge in [-0.05, 0) is 36.4 Å². The van der Waals surface area contributed by atoms with Crippen molar-refractivity contribution in [3.63, 3.8) is 0 Å². The molecule has 1 aromatic carbocycles. The molecule has 0 saturated heterocycles. The maximum Gasteiger partial charge on any atom is 0.172 e. The van der Waals surface area contributed by atoms with Crippen LogP contribution in [-0.4, -0.2) is 23.9 Å². The van der Waals surface area contributed by atoms with Crippen molar-refractivity contribution in [3.8, 4) is 5.75 Å². The van der Waals surface area contributed by atoms with Crippen molar-refractivity contribution in [3.05, 3.63) is 29.8 Å². The van der Waals surface area contributed by atoms with E-state index >= 15 is 0 Å². The van der Waals surface area contributed by atoms with Gasteiger partial charge in [0, 0.05) is 5.56 Å². The molecule has 0 atom stereocenters. The molecule has 0 amide bonds. The number of benzene rings is 1. The Labute approximate surface area is 101 Å². The number of ketones is 1. The van der Waals surface area contributed by atoms with Crippen LogP contribution in [0.5, 0.6) is 5.75 Å². The van der Waals surface area contributed by atoms with Gasteiger partial charge in [-0.3, -0.25) is 4.79 Å². The minimum absolute atomic E-state index is 0.189. The number of ether oxygens (including phenoxy) is 1. The van der Waals surface area contributed by atoms with Crippen molar-refractivity contribution in [1.82, 2.24) is 0 Å². The van der Waals surface area contributed by atoms with Crippen molar-refractivity contribution >= 4 is 17.5 Å². The Hall–Kier alpha value is -0.960. The first-order valence-electron chi connectivity index (χ1n) is 5.61. The van der Waals surface area contributed by atoms with Crippen LogP contribution in [0.2, 0.25) is 0 Å². The maximum atomic E-state index is 11.7. The summed E-state index contributed by atoms with van der Waals surface area (Å²) in [6.07, 6.45) is 0.994. The second-order valence-corrected chi connectivity index (χ2v) is 4.71. The molecule has 0 heterocycles. The summed E-state index contributed by atoms with van der Waals surface area (Å²) in [5.41, 5.74) is 0.768. The van der Waals surface area contributed by atoms with E-state index in [2.05, 4.69) is 13.8 Å². The first kappa shape index (κ1) is 13.1. The Balaban J connectivity index is 2.53. The van der Waals surface area contributed by atoms with Gasteiger partial charge in [0.2, 0.25) is 0 Å². The summed E-state index contributed by atoms with van der Waals surface area (Å²) in [5, 5.41) is 0. The lowest BCUT2D eigenvalue weighted by molar-refractivity contribution is 0.102.